The van der Waals surface area contributed by atoms with Crippen LogP contribution in [0.5, 0.6) is 0 Å². The van der Waals surface area contributed by atoms with E-state index >= 15 is 0 Å². The highest BCUT2D eigenvalue weighted by molar-refractivity contribution is 7.99. The quantitative estimate of drug-likeness (QED) is 0.906. The third-order valence-corrected chi connectivity index (χ3v) is 3.85. The van der Waals surface area contributed by atoms with Gasteiger partial charge in [-0.3, -0.25) is 0 Å². The number of rotatable bonds is 4. The molecule has 2 rings (SSSR count). The Balaban J connectivity index is 2.08. The van der Waals surface area contributed by atoms with Gasteiger partial charge in [-0.05, 0) is 36.2 Å². The van der Waals surface area contributed by atoms with Gasteiger partial charge in [-0.2, -0.15) is 0 Å². The van der Waals surface area contributed by atoms with E-state index in [9.17, 15) is 0 Å². The maximum Gasteiger partial charge on any atom is 0.101 e. The van der Waals surface area contributed by atoms with Crippen molar-refractivity contribution in [1.29, 1.82) is 0 Å². The van der Waals surface area contributed by atoms with Crippen LogP contribution < -0.4 is 5.73 Å². The fourth-order valence-electron chi connectivity index (χ4n) is 1.56. The number of benzene rings is 1. The molecule has 0 saturated heterocycles. The van der Waals surface area contributed by atoms with E-state index in [1.54, 1.807) is 18.0 Å². The summed E-state index contributed by atoms with van der Waals surface area (Å²) in [5.41, 5.74) is 7.15. The third-order valence-electron chi connectivity index (χ3n) is 2.67. The number of hydrogen-bond donors (Lipinski definition) is 1. The molecule has 0 bridgehead atoms. The molecule has 1 aromatic carbocycles. The predicted molar refractivity (Wildman–Crippen MR) is 77.0 cm³/mol. The first kappa shape index (κ1) is 13.4. The fraction of sp³-hybridized carbons (Fsp3) is 0.214. The lowest BCUT2D eigenvalue weighted by Gasteiger charge is -2.09. The first-order chi connectivity index (χ1) is 8.69. The van der Waals surface area contributed by atoms with E-state index in [4.69, 9.17) is 17.3 Å². The van der Waals surface area contributed by atoms with Gasteiger partial charge in [0.2, 0.25) is 0 Å². The number of pyridine rings is 1. The minimum Gasteiger partial charge on any atom is -0.324 e. The van der Waals surface area contributed by atoms with Gasteiger partial charge in [-0.15, -0.1) is 0 Å². The molecule has 0 unspecified atom stereocenters. The molecule has 1 heterocycles. The minimum absolute atomic E-state index is 0.123. The second-order valence-electron chi connectivity index (χ2n) is 4.00. The highest BCUT2D eigenvalue weighted by Crippen LogP contribution is 2.27. The lowest BCUT2D eigenvalue weighted by Crippen LogP contribution is -2.07. The van der Waals surface area contributed by atoms with Crippen LogP contribution in [-0.2, 0) is 0 Å². The molecule has 4 heteroatoms. The number of hydrogen-bond acceptors (Lipinski definition) is 3. The summed E-state index contributed by atoms with van der Waals surface area (Å²) in [5, 5.41) is 1.59. The lowest BCUT2D eigenvalue weighted by molar-refractivity contribution is 0.698. The Morgan fingerprint density at radius 2 is 1.94 bits per heavy atom. The van der Waals surface area contributed by atoms with Crippen molar-refractivity contribution in [1.82, 2.24) is 4.98 Å². The summed E-state index contributed by atoms with van der Waals surface area (Å²) in [6.45, 7) is 2.09. The molecule has 0 aliphatic carbocycles. The van der Waals surface area contributed by atoms with Gasteiger partial charge in [0.1, 0.15) is 5.03 Å². The molecule has 2 N–H and O–H groups in total. The van der Waals surface area contributed by atoms with Gasteiger partial charge in [-0.1, -0.05) is 42.4 Å². The Kier molecular flexibility index (Phi) is 4.64. The van der Waals surface area contributed by atoms with Crippen LogP contribution in [0.2, 0.25) is 5.02 Å². The Bertz CT molecular complexity index is 496. The predicted octanol–water partition coefficient (Wildman–Crippen LogP) is 4.30. The molecule has 0 amide bonds. The van der Waals surface area contributed by atoms with E-state index in [1.807, 2.05) is 12.1 Å². The van der Waals surface area contributed by atoms with Crippen LogP contribution in [-0.4, -0.2) is 4.98 Å². The molecule has 18 heavy (non-hydrogen) atoms. The van der Waals surface area contributed by atoms with Crippen molar-refractivity contribution < 1.29 is 0 Å². The largest absolute Gasteiger partial charge is 0.324 e. The topological polar surface area (TPSA) is 38.9 Å². The van der Waals surface area contributed by atoms with Gasteiger partial charge in [0.05, 0.1) is 5.02 Å². The maximum absolute atomic E-state index is 5.98. The molecule has 2 aromatic rings. The van der Waals surface area contributed by atoms with E-state index in [1.165, 1.54) is 5.56 Å². The highest BCUT2D eigenvalue weighted by Gasteiger charge is 2.04. The Labute approximate surface area is 117 Å². The number of nitrogens with zero attached hydrogens (tertiary/aromatic N) is 1. The van der Waals surface area contributed by atoms with Gasteiger partial charge in [0.25, 0.3) is 0 Å². The number of halogens is 1. The van der Waals surface area contributed by atoms with Gasteiger partial charge in [0, 0.05) is 17.1 Å². The Morgan fingerprint density at radius 1 is 1.22 bits per heavy atom. The second-order valence-corrected chi connectivity index (χ2v) is 5.53. The zero-order chi connectivity index (χ0) is 13.0. The van der Waals surface area contributed by atoms with Crippen molar-refractivity contribution in [3.8, 4) is 0 Å². The van der Waals surface area contributed by atoms with Crippen LogP contribution >= 0.6 is 23.4 Å². The van der Waals surface area contributed by atoms with E-state index in [2.05, 4.69) is 36.2 Å². The zero-order valence-electron chi connectivity index (χ0n) is 10.1. The molecule has 94 valence electrons. The van der Waals surface area contributed by atoms with Crippen molar-refractivity contribution in [2.24, 2.45) is 5.73 Å². The minimum atomic E-state index is 0.123. The summed E-state index contributed by atoms with van der Waals surface area (Å²) in [5.74, 6) is 0. The van der Waals surface area contributed by atoms with E-state index < -0.39 is 0 Å². The summed E-state index contributed by atoms with van der Waals surface area (Å²) in [6.07, 6.45) is 2.61. The second kappa shape index (κ2) is 6.23. The van der Waals surface area contributed by atoms with Crippen LogP contribution in [0.4, 0.5) is 0 Å². The molecular weight excluding hydrogens is 264 g/mol. The first-order valence-corrected chi connectivity index (χ1v) is 7.03. The molecule has 0 spiro atoms. The average Bonchev–Trinajstić information content (AvgIpc) is 2.41. The average molecular weight is 279 g/mol. The summed E-state index contributed by atoms with van der Waals surface area (Å²) in [4.78, 5) is 5.40. The molecule has 0 aliphatic heterocycles. The molecule has 0 fully saturated rings. The molecule has 2 nitrogen and oxygen atoms in total. The van der Waals surface area contributed by atoms with Crippen LogP contribution in [0.15, 0.2) is 52.5 Å². The summed E-state index contributed by atoms with van der Waals surface area (Å²) >= 11 is 7.41. The van der Waals surface area contributed by atoms with Crippen LogP contribution in [0.25, 0.3) is 0 Å². The van der Waals surface area contributed by atoms with Crippen LogP contribution in [0, 0.1) is 0 Å². The van der Waals surface area contributed by atoms with Crippen molar-refractivity contribution in [2.45, 2.75) is 29.3 Å². The van der Waals surface area contributed by atoms with Gasteiger partial charge < -0.3 is 5.73 Å². The third kappa shape index (κ3) is 3.48. The van der Waals surface area contributed by atoms with E-state index in [0.29, 0.717) is 5.02 Å². The van der Waals surface area contributed by atoms with Crippen molar-refractivity contribution >= 4 is 23.4 Å². The molecule has 0 saturated carbocycles. The highest BCUT2D eigenvalue weighted by atomic mass is 35.5. The fourth-order valence-corrected chi connectivity index (χ4v) is 2.43. The van der Waals surface area contributed by atoms with E-state index in [0.717, 1.165) is 16.3 Å². The molecular formula is C14H15ClN2S. The van der Waals surface area contributed by atoms with Crippen molar-refractivity contribution in [2.75, 3.05) is 0 Å². The van der Waals surface area contributed by atoms with Crippen LogP contribution in [0.1, 0.15) is 24.9 Å². The number of nitrogens with two attached hydrogens (primary N) is 1. The SMILES string of the molecule is CC[C@H](N)c1ccc(Sc2ccc(Cl)cn2)cc1. The number of aromatic nitrogens is 1. The molecule has 0 radical (unpaired) electrons. The zero-order valence-corrected chi connectivity index (χ0v) is 11.7. The van der Waals surface area contributed by atoms with Gasteiger partial charge >= 0.3 is 0 Å². The lowest BCUT2D eigenvalue weighted by atomic mass is 10.1. The van der Waals surface area contributed by atoms with Crippen molar-refractivity contribution in [3.05, 3.63) is 53.2 Å². The normalized spacial score (nSPS) is 12.4. The first-order valence-electron chi connectivity index (χ1n) is 5.84. The van der Waals surface area contributed by atoms with Crippen molar-refractivity contribution in [3.63, 3.8) is 0 Å². The summed E-state index contributed by atoms with van der Waals surface area (Å²) < 4.78 is 0. The molecule has 1 atom stereocenters. The Morgan fingerprint density at radius 3 is 2.50 bits per heavy atom. The maximum atomic E-state index is 5.98. The van der Waals surface area contributed by atoms with E-state index in [-0.39, 0.29) is 6.04 Å². The summed E-state index contributed by atoms with van der Waals surface area (Å²) in [7, 11) is 0. The smallest absolute Gasteiger partial charge is 0.101 e. The molecule has 1 aromatic heterocycles. The molecule has 0 aliphatic rings. The van der Waals surface area contributed by atoms with Gasteiger partial charge in [-0.25, -0.2) is 4.98 Å². The monoisotopic (exact) mass is 278 g/mol. The summed E-state index contributed by atoms with van der Waals surface area (Å²) in [6, 6.07) is 12.2. The standard InChI is InChI=1S/C14H15ClN2S/c1-2-13(16)10-3-6-12(7-4-10)18-14-8-5-11(15)9-17-14/h3-9,13H,2,16H2,1H3/t13-/m0/s1. The van der Waals surface area contributed by atoms with Crippen LogP contribution in [0.3, 0.4) is 0 Å². The Hall–Kier alpha value is -1.03. The van der Waals surface area contributed by atoms with Gasteiger partial charge in [0.15, 0.2) is 0 Å².